The summed E-state index contributed by atoms with van der Waals surface area (Å²) >= 11 is 5.54. The van der Waals surface area contributed by atoms with Crippen molar-refractivity contribution in [2.45, 2.75) is 13.3 Å². The van der Waals surface area contributed by atoms with E-state index in [4.69, 9.17) is 16.7 Å². The summed E-state index contributed by atoms with van der Waals surface area (Å²) in [6, 6.07) is 0. The quantitative estimate of drug-likeness (QED) is 0.592. The van der Waals surface area contributed by atoms with Gasteiger partial charge in [0.15, 0.2) is 0 Å². The van der Waals surface area contributed by atoms with Crippen LogP contribution in [0.1, 0.15) is 13.3 Å². The minimum atomic E-state index is 0.233. The number of alkyl halides is 1. The van der Waals surface area contributed by atoms with Crippen LogP contribution in [0.3, 0.4) is 0 Å². The molecule has 0 unspecified atom stereocenters. The molecule has 3 heteroatoms. The van der Waals surface area contributed by atoms with Crippen molar-refractivity contribution in [2.75, 3.05) is 32.1 Å². The molecule has 62 valence electrons. The first-order chi connectivity index (χ1) is 4.85. The Hall–Kier alpha value is 0.210. The third-order valence-corrected chi connectivity index (χ3v) is 1.53. The Morgan fingerprint density at radius 2 is 2.00 bits per heavy atom. The van der Waals surface area contributed by atoms with E-state index in [1.54, 1.807) is 0 Å². The van der Waals surface area contributed by atoms with Gasteiger partial charge in [0, 0.05) is 19.0 Å². The number of hydrogen-bond donors (Lipinski definition) is 1. The van der Waals surface area contributed by atoms with Crippen molar-refractivity contribution < 1.29 is 5.11 Å². The lowest BCUT2D eigenvalue weighted by Gasteiger charge is -2.18. The molecule has 10 heavy (non-hydrogen) atoms. The molecule has 0 aromatic heterocycles. The van der Waals surface area contributed by atoms with Crippen LogP contribution in [0, 0.1) is 0 Å². The molecular formula is C7H16ClNO. The summed E-state index contributed by atoms with van der Waals surface area (Å²) < 4.78 is 0. The topological polar surface area (TPSA) is 23.5 Å². The lowest BCUT2D eigenvalue weighted by molar-refractivity contribution is 0.203. The molecule has 0 atom stereocenters. The monoisotopic (exact) mass is 165 g/mol. The SMILES string of the molecule is CCCN(CCO)CCCl. The van der Waals surface area contributed by atoms with Crippen molar-refractivity contribution in [3.05, 3.63) is 0 Å². The molecule has 0 saturated carbocycles. The molecule has 0 aliphatic heterocycles. The van der Waals surface area contributed by atoms with Gasteiger partial charge in [-0.15, -0.1) is 11.6 Å². The molecule has 0 heterocycles. The minimum Gasteiger partial charge on any atom is -0.395 e. The average molecular weight is 166 g/mol. The Balaban J connectivity index is 3.30. The molecular weight excluding hydrogens is 150 g/mol. The minimum absolute atomic E-state index is 0.233. The Morgan fingerprint density at radius 3 is 2.40 bits per heavy atom. The smallest absolute Gasteiger partial charge is 0.0558 e. The molecule has 1 N–H and O–H groups in total. The van der Waals surface area contributed by atoms with Gasteiger partial charge in [0.2, 0.25) is 0 Å². The van der Waals surface area contributed by atoms with E-state index < -0.39 is 0 Å². The van der Waals surface area contributed by atoms with E-state index in [2.05, 4.69) is 11.8 Å². The predicted molar refractivity (Wildman–Crippen MR) is 44.5 cm³/mol. The molecule has 0 aromatic rings. The zero-order valence-electron chi connectivity index (χ0n) is 6.52. The highest BCUT2D eigenvalue weighted by Gasteiger charge is 1.99. The molecule has 0 rings (SSSR count). The molecule has 0 aromatic carbocycles. The third kappa shape index (κ3) is 5.03. The van der Waals surface area contributed by atoms with Crippen molar-refractivity contribution in [2.24, 2.45) is 0 Å². The fourth-order valence-corrected chi connectivity index (χ4v) is 1.15. The highest BCUT2D eigenvalue weighted by Crippen LogP contribution is 1.91. The predicted octanol–water partition coefficient (Wildman–Crippen LogP) is 0.929. The number of nitrogens with zero attached hydrogens (tertiary/aromatic N) is 1. The van der Waals surface area contributed by atoms with E-state index in [1.165, 1.54) is 0 Å². The van der Waals surface area contributed by atoms with Gasteiger partial charge in [0.25, 0.3) is 0 Å². The molecule has 0 spiro atoms. The van der Waals surface area contributed by atoms with Gasteiger partial charge in [-0.3, -0.25) is 4.90 Å². The van der Waals surface area contributed by atoms with Crippen molar-refractivity contribution in [1.82, 2.24) is 4.90 Å². The van der Waals surface area contributed by atoms with Gasteiger partial charge in [-0.2, -0.15) is 0 Å². The molecule has 0 saturated heterocycles. The first-order valence-electron chi connectivity index (χ1n) is 3.74. The fraction of sp³-hybridized carbons (Fsp3) is 1.00. The zero-order chi connectivity index (χ0) is 7.82. The summed E-state index contributed by atoms with van der Waals surface area (Å²) in [5.74, 6) is 0.653. The standard InChI is InChI=1S/C7H16ClNO/c1-2-4-9(5-3-8)6-7-10/h10H,2-7H2,1H3. The maximum atomic E-state index is 8.61. The van der Waals surface area contributed by atoms with E-state index in [0.29, 0.717) is 5.88 Å². The first-order valence-corrected chi connectivity index (χ1v) is 4.27. The van der Waals surface area contributed by atoms with Crippen molar-refractivity contribution in [3.63, 3.8) is 0 Å². The van der Waals surface area contributed by atoms with Crippen LogP contribution in [-0.4, -0.2) is 42.1 Å². The number of aliphatic hydroxyl groups excluding tert-OH is 1. The largest absolute Gasteiger partial charge is 0.395 e. The molecule has 0 aliphatic carbocycles. The maximum Gasteiger partial charge on any atom is 0.0558 e. The van der Waals surface area contributed by atoms with Crippen LogP contribution >= 0.6 is 11.6 Å². The van der Waals surface area contributed by atoms with E-state index in [-0.39, 0.29) is 6.61 Å². The number of aliphatic hydroxyl groups is 1. The summed E-state index contributed by atoms with van der Waals surface area (Å²) in [5, 5.41) is 8.61. The fourth-order valence-electron chi connectivity index (χ4n) is 0.913. The summed E-state index contributed by atoms with van der Waals surface area (Å²) in [6.45, 7) is 5.03. The van der Waals surface area contributed by atoms with Crippen LogP contribution in [0.5, 0.6) is 0 Å². The second kappa shape index (κ2) is 7.32. The molecule has 2 nitrogen and oxygen atoms in total. The highest BCUT2D eigenvalue weighted by atomic mass is 35.5. The molecule has 0 radical (unpaired) electrons. The zero-order valence-corrected chi connectivity index (χ0v) is 7.27. The first kappa shape index (κ1) is 10.2. The van der Waals surface area contributed by atoms with Gasteiger partial charge in [-0.25, -0.2) is 0 Å². The van der Waals surface area contributed by atoms with Gasteiger partial charge in [0.1, 0.15) is 0 Å². The van der Waals surface area contributed by atoms with Gasteiger partial charge in [-0.1, -0.05) is 6.92 Å². The lowest BCUT2D eigenvalue weighted by Crippen LogP contribution is -2.29. The highest BCUT2D eigenvalue weighted by molar-refractivity contribution is 6.18. The van der Waals surface area contributed by atoms with Crippen molar-refractivity contribution in [1.29, 1.82) is 0 Å². The summed E-state index contributed by atoms with van der Waals surface area (Å²) in [4.78, 5) is 2.16. The molecule has 0 bridgehead atoms. The van der Waals surface area contributed by atoms with Crippen LogP contribution in [0.15, 0.2) is 0 Å². The van der Waals surface area contributed by atoms with Gasteiger partial charge in [0.05, 0.1) is 6.61 Å². The summed E-state index contributed by atoms with van der Waals surface area (Å²) in [5.41, 5.74) is 0. The van der Waals surface area contributed by atoms with Crippen molar-refractivity contribution >= 4 is 11.6 Å². The molecule has 0 amide bonds. The van der Waals surface area contributed by atoms with E-state index in [0.717, 1.165) is 26.1 Å². The molecule has 0 aliphatic rings. The van der Waals surface area contributed by atoms with E-state index in [9.17, 15) is 0 Å². The Labute approximate surface area is 67.8 Å². The number of rotatable bonds is 6. The number of hydrogen-bond acceptors (Lipinski definition) is 2. The van der Waals surface area contributed by atoms with Crippen LogP contribution in [0.2, 0.25) is 0 Å². The van der Waals surface area contributed by atoms with E-state index in [1.807, 2.05) is 0 Å². The van der Waals surface area contributed by atoms with Crippen LogP contribution in [-0.2, 0) is 0 Å². The van der Waals surface area contributed by atoms with Crippen LogP contribution in [0.25, 0.3) is 0 Å². The van der Waals surface area contributed by atoms with E-state index >= 15 is 0 Å². The van der Waals surface area contributed by atoms with Crippen LogP contribution in [0.4, 0.5) is 0 Å². The van der Waals surface area contributed by atoms with Crippen LogP contribution < -0.4 is 0 Å². The number of halogens is 1. The summed E-state index contributed by atoms with van der Waals surface area (Å²) in [7, 11) is 0. The normalized spacial score (nSPS) is 10.8. The van der Waals surface area contributed by atoms with Gasteiger partial charge >= 0.3 is 0 Å². The average Bonchev–Trinajstić information content (AvgIpc) is 1.90. The lowest BCUT2D eigenvalue weighted by atomic mass is 10.4. The van der Waals surface area contributed by atoms with Gasteiger partial charge < -0.3 is 5.11 Å². The maximum absolute atomic E-state index is 8.61. The Kier molecular flexibility index (Phi) is 7.47. The third-order valence-electron chi connectivity index (χ3n) is 1.36. The second-order valence-corrected chi connectivity index (χ2v) is 2.63. The summed E-state index contributed by atoms with van der Waals surface area (Å²) in [6.07, 6.45) is 1.12. The molecule has 0 fully saturated rings. The van der Waals surface area contributed by atoms with Crippen molar-refractivity contribution in [3.8, 4) is 0 Å². The second-order valence-electron chi connectivity index (χ2n) is 2.25. The Morgan fingerprint density at radius 1 is 1.30 bits per heavy atom. The Bertz CT molecular complexity index is 56.4. The van der Waals surface area contributed by atoms with Gasteiger partial charge in [-0.05, 0) is 13.0 Å².